The second-order valence-corrected chi connectivity index (χ2v) is 18.6. The normalized spacial score (nSPS) is 23.4. The first-order chi connectivity index (χ1) is 30.1. The van der Waals surface area contributed by atoms with Crippen LogP contribution in [0.25, 0.3) is 0 Å². The Morgan fingerprint density at radius 2 is 0.938 bits per heavy atom. The molecule has 3 saturated heterocycles. The Bertz CT molecular complexity index is 2090. The van der Waals surface area contributed by atoms with Gasteiger partial charge in [-0.3, -0.25) is 19.2 Å². The molecule has 64 heavy (non-hydrogen) atoms. The molecule has 0 saturated carbocycles. The number of primary amides is 2. The maximum Gasteiger partial charge on any atom is 0.405 e. The fourth-order valence-corrected chi connectivity index (χ4v) is 9.93. The Hall–Kier alpha value is -6.27. The van der Waals surface area contributed by atoms with E-state index in [0.717, 1.165) is 27.9 Å². The monoisotopic (exact) mass is 887 g/mol. The number of likely N-dealkylation sites (tertiary alicyclic amines) is 2. The van der Waals surface area contributed by atoms with Gasteiger partial charge in [-0.2, -0.15) is 0 Å². The highest BCUT2D eigenvalue weighted by Crippen LogP contribution is 2.48. The SMILES string of the molecule is CC(C)(CC(N)=O)[C@H](NC(=O)O)C(=O)N1C[C@@H](O)C[C@H]1c1ccc([C@H]2CC[C@H](c3ccc([C@@H]4C[C@H](O)CN4C(=O)[C@@H](NC(=O)O)C(C)(C)CC(N)=O)cc3)N2c2ccc(F)cc2)cc1. The summed E-state index contributed by atoms with van der Waals surface area (Å²) in [4.78, 5) is 80.5. The summed E-state index contributed by atoms with van der Waals surface area (Å²) in [5.41, 5.74) is 12.7. The van der Waals surface area contributed by atoms with Gasteiger partial charge < -0.3 is 57.2 Å². The lowest BCUT2D eigenvalue weighted by Gasteiger charge is -2.37. The number of halogens is 1. The van der Waals surface area contributed by atoms with Crippen molar-refractivity contribution in [2.24, 2.45) is 22.3 Å². The zero-order chi connectivity index (χ0) is 46.8. The van der Waals surface area contributed by atoms with Crippen LogP contribution in [0.1, 0.15) is 113 Å². The average Bonchev–Trinajstić information content (AvgIpc) is 3.94. The summed E-state index contributed by atoms with van der Waals surface area (Å²) in [6.07, 6.45) is -3.29. The average molecular weight is 888 g/mol. The minimum Gasteiger partial charge on any atom is -0.465 e. The summed E-state index contributed by atoms with van der Waals surface area (Å²) < 4.78 is 14.3. The van der Waals surface area contributed by atoms with E-state index in [0.29, 0.717) is 12.8 Å². The lowest BCUT2D eigenvalue weighted by atomic mass is 9.80. The van der Waals surface area contributed by atoms with Crippen LogP contribution in [-0.2, 0) is 19.2 Å². The van der Waals surface area contributed by atoms with Gasteiger partial charge in [-0.25, -0.2) is 14.0 Å². The molecule has 6 rings (SSSR count). The zero-order valence-corrected chi connectivity index (χ0v) is 36.3. The van der Waals surface area contributed by atoms with E-state index in [4.69, 9.17) is 11.5 Å². The largest absolute Gasteiger partial charge is 0.465 e. The van der Waals surface area contributed by atoms with E-state index in [2.05, 4.69) is 15.5 Å². The molecule has 17 nitrogen and oxygen atoms in total. The molecular formula is C46H58FN7O10. The highest BCUT2D eigenvalue weighted by atomic mass is 19.1. The van der Waals surface area contributed by atoms with Gasteiger partial charge in [0.2, 0.25) is 23.6 Å². The van der Waals surface area contributed by atoms with Crippen LogP contribution >= 0.6 is 0 Å². The number of carbonyl (C=O) groups is 6. The van der Waals surface area contributed by atoms with Crippen LogP contribution in [0.4, 0.5) is 19.7 Å². The van der Waals surface area contributed by atoms with Gasteiger partial charge in [0.1, 0.15) is 17.9 Å². The molecule has 18 heteroatoms. The first-order valence-electron chi connectivity index (χ1n) is 21.3. The van der Waals surface area contributed by atoms with E-state index in [1.54, 1.807) is 39.8 Å². The summed E-state index contributed by atoms with van der Waals surface area (Å²) in [6, 6.07) is 17.4. The van der Waals surface area contributed by atoms with Crippen LogP contribution < -0.4 is 27.0 Å². The van der Waals surface area contributed by atoms with Crippen LogP contribution in [0.15, 0.2) is 72.8 Å². The Kier molecular flexibility index (Phi) is 13.9. The summed E-state index contributed by atoms with van der Waals surface area (Å²) in [7, 11) is 0. The van der Waals surface area contributed by atoms with Crippen molar-refractivity contribution in [3.63, 3.8) is 0 Å². The maximum atomic E-state index is 14.3. The third kappa shape index (κ3) is 10.4. The third-order valence-corrected chi connectivity index (χ3v) is 12.9. The number of hydrogen-bond acceptors (Lipinski definition) is 9. The van der Waals surface area contributed by atoms with Crippen molar-refractivity contribution in [1.82, 2.24) is 20.4 Å². The number of nitrogens with zero attached hydrogens (tertiary/aromatic N) is 3. The smallest absolute Gasteiger partial charge is 0.405 e. The van der Waals surface area contributed by atoms with Gasteiger partial charge in [-0.1, -0.05) is 76.2 Å². The molecule has 0 bridgehead atoms. The summed E-state index contributed by atoms with van der Waals surface area (Å²) in [5.74, 6) is -2.95. The molecule has 0 aliphatic carbocycles. The number of β-amino-alcohol motifs (C(OH)–C–C–N with tert-alkyl or cyclic N) is 2. The molecule has 0 unspecified atom stereocenters. The number of nitrogens with two attached hydrogens (primary N) is 2. The Labute approximate surface area is 370 Å². The van der Waals surface area contributed by atoms with Crippen LogP contribution in [0.2, 0.25) is 0 Å². The second kappa shape index (κ2) is 18.8. The standard InChI is InChI=1S/C46H58FN7O10/c1-45(2,21-37(48)57)39(50-43(61)62)41(59)52-23-31(55)19-35(52)27-9-5-25(6-10-27)33-17-18-34(54(33)30-15-13-29(47)14-16-30)26-7-11-28(12-8-26)36-20-32(56)24-53(36)42(60)40(51-44(63)64)46(3,4)22-38(49)58/h5-16,31-36,39-40,50-51,55-56H,17-24H2,1-4H3,(H2,48,57)(H2,49,58)(H,61,62)(H,63,64)/t31-,32-,33+,34+,35-,36-,39+,40+/m0/s1. The number of carboxylic acid groups (broad SMARTS) is 2. The van der Waals surface area contributed by atoms with Crippen molar-refractivity contribution < 1.29 is 53.6 Å². The van der Waals surface area contributed by atoms with E-state index < -0.39 is 88.8 Å². The lowest BCUT2D eigenvalue weighted by molar-refractivity contribution is -0.139. The number of hydrogen-bond donors (Lipinski definition) is 8. The van der Waals surface area contributed by atoms with Crippen molar-refractivity contribution >= 4 is 41.5 Å². The molecule has 3 aliphatic rings. The second-order valence-electron chi connectivity index (χ2n) is 18.6. The van der Waals surface area contributed by atoms with Crippen molar-refractivity contribution in [3.05, 3.63) is 101 Å². The Morgan fingerprint density at radius 3 is 1.25 bits per heavy atom. The molecule has 344 valence electrons. The Morgan fingerprint density at radius 1 is 0.609 bits per heavy atom. The number of benzene rings is 3. The summed E-state index contributed by atoms with van der Waals surface area (Å²) in [6.45, 7) is 6.25. The Balaban J connectivity index is 1.26. The van der Waals surface area contributed by atoms with Crippen molar-refractivity contribution in [3.8, 4) is 0 Å². The van der Waals surface area contributed by atoms with E-state index in [1.807, 2.05) is 48.5 Å². The summed E-state index contributed by atoms with van der Waals surface area (Å²) >= 11 is 0. The van der Waals surface area contributed by atoms with Gasteiger partial charge in [0.25, 0.3) is 0 Å². The first-order valence-corrected chi connectivity index (χ1v) is 21.3. The molecule has 3 aromatic carbocycles. The number of rotatable bonds is 15. The highest BCUT2D eigenvalue weighted by molar-refractivity contribution is 5.89. The minimum atomic E-state index is -1.44. The van der Waals surface area contributed by atoms with Gasteiger partial charge in [0, 0.05) is 42.4 Å². The fourth-order valence-electron chi connectivity index (χ4n) is 9.93. The number of aliphatic hydroxyl groups is 2. The van der Waals surface area contributed by atoms with Crippen LogP contribution in [-0.4, -0.2) is 103 Å². The van der Waals surface area contributed by atoms with E-state index >= 15 is 0 Å². The quantitative estimate of drug-likeness (QED) is 0.107. The molecule has 0 radical (unpaired) electrons. The van der Waals surface area contributed by atoms with Gasteiger partial charge in [-0.15, -0.1) is 0 Å². The highest BCUT2D eigenvalue weighted by Gasteiger charge is 2.47. The van der Waals surface area contributed by atoms with Gasteiger partial charge in [-0.05, 0) is 72.2 Å². The van der Waals surface area contributed by atoms with Gasteiger partial charge >= 0.3 is 12.2 Å². The number of anilines is 1. The molecule has 3 heterocycles. The van der Waals surface area contributed by atoms with Crippen LogP contribution in [0.3, 0.4) is 0 Å². The molecule has 10 N–H and O–H groups in total. The molecule has 8 atom stereocenters. The third-order valence-electron chi connectivity index (χ3n) is 12.9. The van der Waals surface area contributed by atoms with E-state index in [1.165, 1.54) is 21.9 Å². The topological polar surface area (TPSA) is 269 Å². The molecule has 3 aliphatic heterocycles. The fraction of sp³-hybridized carbons (Fsp3) is 0.478. The molecular weight excluding hydrogens is 830 g/mol. The molecule has 3 aromatic rings. The minimum absolute atomic E-state index is 0.0373. The van der Waals surface area contributed by atoms with E-state index in [-0.39, 0.29) is 50.9 Å². The van der Waals surface area contributed by atoms with Crippen molar-refractivity contribution in [1.29, 1.82) is 0 Å². The summed E-state index contributed by atoms with van der Waals surface area (Å²) in [5, 5.41) is 45.3. The van der Waals surface area contributed by atoms with Crippen LogP contribution in [0.5, 0.6) is 0 Å². The van der Waals surface area contributed by atoms with Crippen molar-refractivity contribution in [2.75, 3.05) is 18.0 Å². The molecule has 6 amide bonds. The molecule has 0 spiro atoms. The molecule has 0 aromatic heterocycles. The maximum absolute atomic E-state index is 14.3. The molecule has 3 fully saturated rings. The number of nitrogens with one attached hydrogen (secondary N) is 2. The number of amides is 6. The van der Waals surface area contributed by atoms with Gasteiger partial charge in [0.05, 0.1) is 36.4 Å². The van der Waals surface area contributed by atoms with Crippen LogP contribution in [0, 0.1) is 16.6 Å². The number of carbonyl (C=O) groups excluding carboxylic acids is 4. The van der Waals surface area contributed by atoms with Crippen molar-refractivity contribution in [2.45, 2.75) is 115 Å². The number of aliphatic hydroxyl groups excluding tert-OH is 2. The first kappa shape index (κ1) is 47.2. The lowest BCUT2D eigenvalue weighted by Crippen LogP contribution is -2.56. The predicted octanol–water partition coefficient (Wildman–Crippen LogP) is 4.25. The predicted molar refractivity (Wildman–Crippen MR) is 232 cm³/mol. The van der Waals surface area contributed by atoms with Gasteiger partial charge in [0.15, 0.2) is 0 Å². The zero-order valence-electron chi connectivity index (χ0n) is 36.3. The van der Waals surface area contributed by atoms with E-state index in [9.17, 15) is 53.6 Å².